The third-order valence-corrected chi connectivity index (χ3v) is 5.07. The Balaban J connectivity index is 1.48. The summed E-state index contributed by atoms with van der Waals surface area (Å²) in [6.07, 6.45) is 3.29. The van der Waals surface area contributed by atoms with E-state index in [1.54, 1.807) is 6.07 Å². The number of ether oxygens (including phenoxy) is 1. The van der Waals surface area contributed by atoms with Gasteiger partial charge in [0.25, 0.3) is 11.8 Å². The van der Waals surface area contributed by atoms with Crippen molar-refractivity contribution in [1.82, 2.24) is 15.5 Å². The summed E-state index contributed by atoms with van der Waals surface area (Å²) in [5.41, 5.74) is 5.09. The Hall–Kier alpha value is -3.30. The Labute approximate surface area is 192 Å². The molecule has 0 saturated carbocycles. The molecular weight excluding hydrogens is 428 g/mol. The molecule has 3 rings (SSSR count). The van der Waals surface area contributed by atoms with Crippen LogP contribution in [-0.4, -0.2) is 46.1 Å². The van der Waals surface area contributed by atoms with Gasteiger partial charge < -0.3 is 9.57 Å². The van der Waals surface area contributed by atoms with E-state index in [0.717, 1.165) is 36.2 Å². The Morgan fingerprint density at radius 3 is 2.55 bits per heavy atom. The Morgan fingerprint density at radius 1 is 1.12 bits per heavy atom. The highest BCUT2D eigenvalue weighted by atomic mass is 16.7. The van der Waals surface area contributed by atoms with Crippen molar-refractivity contribution in [2.24, 2.45) is 10.5 Å². The molecule has 0 radical (unpaired) electrons. The fourth-order valence-electron chi connectivity index (χ4n) is 3.54. The number of nitrogens with zero attached hydrogens (tertiary/aromatic N) is 3. The first-order valence-electron chi connectivity index (χ1n) is 11.2. The molecule has 10 nitrogen and oxygen atoms in total. The van der Waals surface area contributed by atoms with Gasteiger partial charge in [0, 0.05) is 30.9 Å². The van der Waals surface area contributed by atoms with Crippen molar-refractivity contribution in [2.45, 2.75) is 72.1 Å². The number of pyridine rings is 1. The quantitative estimate of drug-likeness (QED) is 0.360. The lowest BCUT2D eigenvalue weighted by Crippen LogP contribution is -2.32. The molecule has 0 atom stereocenters. The molecule has 10 heteroatoms. The molecule has 1 aromatic heterocycles. The summed E-state index contributed by atoms with van der Waals surface area (Å²) in [5.74, 6) is -1.34. The van der Waals surface area contributed by atoms with Crippen molar-refractivity contribution >= 4 is 29.4 Å². The smallest absolute Gasteiger partial charge is 0.333 e. The van der Waals surface area contributed by atoms with E-state index < -0.39 is 17.8 Å². The summed E-state index contributed by atoms with van der Waals surface area (Å²) in [5, 5.41) is 4.86. The predicted octanol–water partition coefficient (Wildman–Crippen LogP) is 2.44. The Kier molecular flexibility index (Phi) is 7.78. The van der Waals surface area contributed by atoms with E-state index in [1.165, 1.54) is 0 Å². The van der Waals surface area contributed by atoms with E-state index >= 15 is 0 Å². The lowest BCUT2D eigenvalue weighted by molar-refractivity contribution is -0.197. The summed E-state index contributed by atoms with van der Waals surface area (Å²) in [4.78, 5) is 56.2. The number of amides is 3. The van der Waals surface area contributed by atoms with Crippen LogP contribution in [0.2, 0.25) is 0 Å². The van der Waals surface area contributed by atoms with Gasteiger partial charge in [0.2, 0.25) is 11.8 Å². The zero-order valence-corrected chi connectivity index (χ0v) is 19.3. The number of hydrogen-bond donors (Lipinski definition) is 1. The number of hydroxylamine groups is 2. The summed E-state index contributed by atoms with van der Waals surface area (Å²) in [6.45, 7) is 6.23. The highest BCUT2D eigenvalue weighted by molar-refractivity contribution is 6.03. The van der Waals surface area contributed by atoms with Gasteiger partial charge in [-0.05, 0) is 37.2 Å². The Bertz CT molecular complexity index is 950. The number of rotatable bonds is 8. The van der Waals surface area contributed by atoms with Crippen molar-refractivity contribution in [3.05, 3.63) is 23.4 Å². The zero-order chi connectivity index (χ0) is 24.0. The molecule has 0 spiro atoms. The number of fused-ring (bicyclic) bond motifs is 1. The van der Waals surface area contributed by atoms with E-state index in [-0.39, 0.29) is 37.2 Å². The van der Waals surface area contributed by atoms with Gasteiger partial charge in [-0.15, -0.1) is 5.06 Å². The average molecular weight is 459 g/mol. The fraction of sp³-hybridized carbons (Fsp3) is 0.565. The molecule has 0 aromatic carbocycles. The van der Waals surface area contributed by atoms with Gasteiger partial charge in [-0.2, -0.15) is 5.10 Å². The second kappa shape index (κ2) is 10.5. The number of imide groups is 1. The van der Waals surface area contributed by atoms with E-state index in [1.807, 2.05) is 26.8 Å². The Morgan fingerprint density at radius 2 is 1.85 bits per heavy atom. The molecule has 3 amide bonds. The summed E-state index contributed by atoms with van der Waals surface area (Å²) in [7, 11) is 0. The van der Waals surface area contributed by atoms with Gasteiger partial charge in [-0.3, -0.25) is 14.4 Å². The minimum atomic E-state index is -0.657. The minimum Gasteiger partial charge on any atom is -0.478 e. The maximum atomic E-state index is 12.1. The van der Waals surface area contributed by atoms with Crippen LogP contribution in [0.1, 0.15) is 77.0 Å². The van der Waals surface area contributed by atoms with E-state index in [4.69, 9.17) is 9.57 Å². The molecule has 1 aromatic rings. The molecule has 1 fully saturated rings. The fourth-order valence-corrected chi connectivity index (χ4v) is 3.54. The molecule has 1 N–H and O–H groups in total. The van der Waals surface area contributed by atoms with E-state index in [2.05, 4.69) is 15.5 Å². The number of hydrogen-bond acceptors (Lipinski definition) is 8. The molecule has 2 aliphatic rings. The number of nitrogens with one attached hydrogen (secondary N) is 1. The van der Waals surface area contributed by atoms with Crippen LogP contribution in [0.5, 0.6) is 5.88 Å². The maximum absolute atomic E-state index is 12.1. The van der Waals surface area contributed by atoms with Crippen molar-refractivity contribution in [3.63, 3.8) is 0 Å². The van der Waals surface area contributed by atoms with Crippen LogP contribution >= 0.6 is 0 Å². The first kappa shape index (κ1) is 24.3. The topological polar surface area (TPSA) is 127 Å². The van der Waals surface area contributed by atoms with Gasteiger partial charge >= 0.3 is 5.97 Å². The van der Waals surface area contributed by atoms with Crippen LogP contribution in [-0.2, 0) is 30.4 Å². The molecule has 33 heavy (non-hydrogen) atoms. The molecule has 1 aliphatic carbocycles. The number of aromatic nitrogens is 1. The molecule has 0 bridgehead atoms. The summed E-state index contributed by atoms with van der Waals surface area (Å²) < 4.78 is 5.65. The molecule has 2 heterocycles. The highest BCUT2D eigenvalue weighted by Gasteiger charge is 2.32. The van der Waals surface area contributed by atoms with Crippen LogP contribution in [0.3, 0.4) is 0 Å². The van der Waals surface area contributed by atoms with Crippen molar-refractivity contribution < 1.29 is 28.8 Å². The number of carbonyl (C=O) groups excluding carboxylic acids is 4. The second-order valence-corrected chi connectivity index (χ2v) is 9.33. The normalized spacial score (nSPS) is 17.2. The zero-order valence-electron chi connectivity index (χ0n) is 19.3. The summed E-state index contributed by atoms with van der Waals surface area (Å²) >= 11 is 0. The highest BCUT2D eigenvalue weighted by Crippen LogP contribution is 2.23. The van der Waals surface area contributed by atoms with Crippen molar-refractivity contribution in [2.75, 3.05) is 6.61 Å². The van der Waals surface area contributed by atoms with Gasteiger partial charge in [-0.25, -0.2) is 15.2 Å². The molecule has 1 saturated heterocycles. The lowest BCUT2D eigenvalue weighted by Gasteiger charge is -2.19. The first-order valence-corrected chi connectivity index (χ1v) is 11.2. The molecule has 178 valence electrons. The van der Waals surface area contributed by atoms with Crippen LogP contribution in [0.15, 0.2) is 17.2 Å². The number of hydrazone groups is 1. The molecular formula is C23H30N4O6. The van der Waals surface area contributed by atoms with Gasteiger partial charge in [0.1, 0.15) is 0 Å². The van der Waals surface area contributed by atoms with Crippen molar-refractivity contribution in [3.8, 4) is 5.88 Å². The first-order chi connectivity index (χ1) is 15.6. The standard InChI is InChI=1S/C23H30N4O6/c1-23(2,3)14-18(28)26-25-17-7-4-6-16-15(17)9-10-19(24-16)32-13-5-8-22(31)33-27-20(29)11-12-21(27)30/h9-10H,4-8,11-14H2,1-3H3,(H,26,28)/b25-17-. The van der Waals surface area contributed by atoms with Crippen LogP contribution in [0.4, 0.5) is 0 Å². The summed E-state index contributed by atoms with van der Waals surface area (Å²) in [6, 6.07) is 3.61. The molecule has 0 unspecified atom stereocenters. The number of aryl methyl sites for hydroxylation is 1. The van der Waals surface area contributed by atoms with Crippen LogP contribution in [0, 0.1) is 5.41 Å². The second-order valence-electron chi connectivity index (χ2n) is 9.33. The number of carbonyl (C=O) groups is 4. The lowest BCUT2D eigenvalue weighted by atomic mass is 9.92. The molecule has 1 aliphatic heterocycles. The van der Waals surface area contributed by atoms with E-state index in [0.29, 0.717) is 23.8 Å². The SMILES string of the molecule is CC(C)(C)CC(=O)N/N=C1/CCCc2nc(OCCCC(=O)ON3C(=O)CCC3=O)ccc21. The van der Waals surface area contributed by atoms with Crippen LogP contribution < -0.4 is 10.2 Å². The van der Waals surface area contributed by atoms with Gasteiger partial charge in [0.05, 0.1) is 24.4 Å². The third kappa shape index (κ3) is 7.10. The van der Waals surface area contributed by atoms with Gasteiger partial charge in [0.15, 0.2) is 0 Å². The largest absolute Gasteiger partial charge is 0.478 e. The third-order valence-electron chi connectivity index (χ3n) is 5.07. The van der Waals surface area contributed by atoms with Crippen molar-refractivity contribution in [1.29, 1.82) is 0 Å². The average Bonchev–Trinajstić information content (AvgIpc) is 3.06. The van der Waals surface area contributed by atoms with E-state index in [9.17, 15) is 19.2 Å². The maximum Gasteiger partial charge on any atom is 0.333 e. The van der Waals surface area contributed by atoms with Gasteiger partial charge in [-0.1, -0.05) is 20.8 Å². The minimum absolute atomic E-state index is 0.00701. The monoisotopic (exact) mass is 458 g/mol. The predicted molar refractivity (Wildman–Crippen MR) is 118 cm³/mol. The van der Waals surface area contributed by atoms with Crippen LogP contribution in [0.25, 0.3) is 0 Å².